The lowest BCUT2D eigenvalue weighted by Gasteiger charge is -2.12. The van der Waals surface area contributed by atoms with Gasteiger partial charge in [-0.3, -0.25) is 4.79 Å². The number of amides is 1. The molecule has 8 heteroatoms. The molecule has 0 fully saturated rings. The number of anilines is 1. The molecule has 1 heterocycles. The molecule has 0 aliphatic rings. The minimum Gasteiger partial charge on any atom is -0.415 e. The summed E-state index contributed by atoms with van der Waals surface area (Å²) in [5.41, 5.74) is 1.55. The SMILES string of the molecule is CSCc1nnc(SC(C)C(=O)Nc2cccc(Cl)c2C)o1. The molecule has 0 saturated heterocycles. The van der Waals surface area contributed by atoms with Crippen LogP contribution >= 0.6 is 35.1 Å². The number of hydrogen-bond donors (Lipinski definition) is 1. The van der Waals surface area contributed by atoms with Gasteiger partial charge in [0.2, 0.25) is 11.8 Å². The first-order valence-electron chi connectivity index (χ1n) is 6.55. The van der Waals surface area contributed by atoms with E-state index < -0.39 is 0 Å². The summed E-state index contributed by atoms with van der Waals surface area (Å²) in [6, 6.07) is 5.41. The monoisotopic (exact) mass is 357 g/mol. The van der Waals surface area contributed by atoms with Crippen LogP contribution in [0.5, 0.6) is 0 Å². The Bertz CT molecular complexity index is 663. The van der Waals surface area contributed by atoms with Gasteiger partial charge in [-0.05, 0) is 37.8 Å². The summed E-state index contributed by atoms with van der Waals surface area (Å²) < 4.78 is 5.46. The second-order valence-corrected chi connectivity index (χ2v) is 7.12. The molecule has 1 amide bonds. The lowest BCUT2D eigenvalue weighted by atomic mass is 10.2. The molecule has 1 aromatic carbocycles. The number of rotatable bonds is 6. The summed E-state index contributed by atoms with van der Waals surface area (Å²) in [6.45, 7) is 3.65. The molecule has 5 nitrogen and oxygen atoms in total. The van der Waals surface area contributed by atoms with Gasteiger partial charge in [0.15, 0.2) is 0 Å². The third kappa shape index (κ3) is 4.41. The molecule has 0 bridgehead atoms. The highest BCUT2D eigenvalue weighted by Gasteiger charge is 2.19. The molecule has 0 spiro atoms. The Balaban J connectivity index is 1.98. The van der Waals surface area contributed by atoms with Gasteiger partial charge in [-0.1, -0.05) is 29.4 Å². The van der Waals surface area contributed by atoms with Crippen LogP contribution in [0.4, 0.5) is 5.69 Å². The average Bonchev–Trinajstić information content (AvgIpc) is 2.91. The van der Waals surface area contributed by atoms with Crippen LogP contribution in [0.3, 0.4) is 0 Å². The Kier molecular flexibility index (Phi) is 6.16. The van der Waals surface area contributed by atoms with Crippen molar-refractivity contribution in [1.82, 2.24) is 10.2 Å². The number of carbonyl (C=O) groups is 1. The van der Waals surface area contributed by atoms with Gasteiger partial charge in [0.25, 0.3) is 5.22 Å². The molecule has 2 rings (SSSR count). The first-order valence-corrected chi connectivity index (χ1v) is 9.20. The van der Waals surface area contributed by atoms with Crippen LogP contribution in [-0.2, 0) is 10.5 Å². The second-order valence-electron chi connectivity index (χ2n) is 4.56. The van der Waals surface area contributed by atoms with Crippen molar-refractivity contribution >= 4 is 46.7 Å². The molecular weight excluding hydrogens is 342 g/mol. The van der Waals surface area contributed by atoms with Gasteiger partial charge >= 0.3 is 0 Å². The van der Waals surface area contributed by atoms with Gasteiger partial charge in [0.1, 0.15) is 0 Å². The number of nitrogens with zero attached hydrogens (tertiary/aromatic N) is 2. The minimum absolute atomic E-state index is 0.139. The van der Waals surface area contributed by atoms with Gasteiger partial charge in [-0.25, -0.2) is 0 Å². The van der Waals surface area contributed by atoms with E-state index in [1.54, 1.807) is 30.8 Å². The van der Waals surface area contributed by atoms with E-state index in [4.69, 9.17) is 16.0 Å². The standard InChI is InChI=1S/C14H16ClN3O2S2/c1-8-10(15)5-4-6-11(8)16-13(19)9(2)22-14-18-17-12(20-14)7-21-3/h4-6,9H,7H2,1-3H3,(H,16,19). The smallest absolute Gasteiger partial charge is 0.277 e. The van der Waals surface area contributed by atoms with Gasteiger partial charge in [-0.2, -0.15) is 11.8 Å². The molecule has 22 heavy (non-hydrogen) atoms. The van der Waals surface area contributed by atoms with Gasteiger partial charge in [-0.15, -0.1) is 10.2 Å². The number of carbonyl (C=O) groups excluding carboxylic acids is 1. The van der Waals surface area contributed by atoms with Crippen LogP contribution in [0.2, 0.25) is 5.02 Å². The third-order valence-corrected chi connectivity index (χ3v) is 4.77. The molecule has 1 N–H and O–H groups in total. The fourth-order valence-electron chi connectivity index (χ4n) is 1.65. The number of hydrogen-bond acceptors (Lipinski definition) is 6. The Labute approximate surface area is 142 Å². The third-order valence-electron chi connectivity index (χ3n) is 2.89. The summed E-state index contributed by atoms with van der Waals surface area (Å²) in [5.74, 6) is 1.09. The molecule has 1 unspecified atom stereocenters. The largest absolute Gasteiger partial charge is 0.415 e. The van der Waals surface area contributed by atoms with Crippen LogP contribution in [0.1, 0.15) is 18.4 Å². The van der Waals surface area contributed by atoms with Crippen LogP contribution in [-0.4, -0.2) is 27.6 Å². The minimum atomic E-state index is -0.360. The fraction of sp³-hybridized carbons (Fsp3) is 0.357. The first-order chi connectivity index (χ1) is 10.5. The Hall–Kier alpha value is -1.18. The number of nitrogens with one attached hydrogen (secondary N) is 1. The highest BCUT2D eigenvalue weighted by molar-refractivity contribution is 8.00. The van der Waals surface area contributed by atoms with Crippen molar-refractivity contribution in [2.75, 3.05) is 11.6 Å². The fourth-order valence-corrected chi connectivity index (χ4v) is 2.89. The van der Waals surface area contributed by atoms with Crippen molar-refractivity contribution in [2.24, 2.45) is 0 Å². The maximum atomic E-state index is 12.2. The maximum absolute atomic E-state index is 12.2. The second kappa shape index (κ2) is 7.89. The van der Waals surface area contributed by atoms with Gasteiger partial charge in [0.05, 0.1) is 11.0 Å². The number of aromatic nitrogens is 2. The Morgan fingerprint density at radius 1 is 1.45 bits per heavy atom. The van der Waals surface area contributed by atoms with E-state index in [9.17, 15) is 4.79 Å². The van der Waals surface area contributed by atoms with Crippen LogP contribution < -0.4 is 5.32 Å². The van der Waals surface area contributed by atoms with E-state index in [2.05, 4.69) is 15.5 Å². The molecule has 0 radical (unpaired) electrons. The lowest BCUT2D eigenvalue weighted by molar-refractivity contribution is -0.115. The van der Waals surface area contributed by atoms with E-state index in [1.165, 1.54) is 11.8 Å². The molecule has 0 aliphatic carbocycles. The van der Waals surface area contributed by atoms with Crippen molar-refractivity contribution in [2.45, 2.75) is 30.1 Å². The number of benzene rings is 1. The summed E-state index contributed by atoms with van der Waals surface area (Å²) in [4.78, 5) is 12.2. The van der Waals surface area contributed by atoms with E-state index in [-0.39, 0.29) is 11.2 Å². The first kappa shape index (κ1) is 17.2. The summed E-state index contributed by atoms with van der Waals surface area (Å²) in [6.07, 6.45) is 1.96. The van der Waals surface area contributed by atoms with E-state index >= 15 is 0 Å². The molecular formula is C14H16ClN3O2S2. The Morgan fingerprint density at radius 2 is 2.23 bits per heavy atom. The van der Waals surface area contributed by atoms with Crippen molar-refractivity contribution < 1.29 is 9.21 Å². The van der Waals surface area contributed by atoms with Crippen LogP contribution in [0.25, 0.3) is 0 Å². The maximum Gasteiger partial charge on any atom is 0.277 e. The zero-order chi connectivity index (χ0) is 16.1. The van der Waals surface area contributed by atoms with Crippen molar-refractivity contribution in [3.05, 3.63) is 34.7 Å². The molecule has 1 atom stereocenters. The zero-order valence-corrected chi connectivity index (χ0v) is 14.8. The highest BCUT2D eigenvalue weighted by atomic mass is 35.5. The molecule has 118 valence electrons. The summed E-state index contributed by atoms with van der Waals surface area (Å²) >= 11 is 8.88. The zero-order valence-electron chi connectivity index (χ0n) is 12.4. The lowest BCUT2D eigenvalue weighted by Crippen LogP contribution is -2.22. The quantitative estimate of drug-likeness (QED) is 0.788. The molecule has 0 aliphatic heterocycles. The van der Waals surface area contributed by atoms with Crippen molar-refractivity contribution in [3.8, 4) is 0 Å². The highest BCUT2D eigenvalue weighted by Crippen LogP contribution is 2.26. The topological polar surface area (TPSA) is 68.0 Å². The molecule has 1 aromatic heterocycles. The van der Waals surface area contributed by atoms with Crippen molar-refractivity contribution in [1.29, 1.82) is 0 Å². The summed E-state index contributed by atoms with van der Waals surface area (Å²) in [5, 5.41) is 11.4. The molecule has 0 saturated carbocycles. The molecule has 2 aromatic rings. The van der Waals surface area contributed by atoms with Gasteiger partial charge in [0, 0.05) is 10.7 Å². The number of halogens is 1. The predicted molar refractivity (Wildman–Crippen MR) is 91.7 cm³/mol. The Morgan fingerprint density at radius 3 is 2.95 bits per heavy atom. The normalized spacial score (nSPS) is 12.2. The van der Waals surface area contributed by atoms with E-state index in [0.717, 1.165) is 5.56 Å². The van der Waals surface area contributed by atoms with Crippen LogP contribution in [0.15, 0.2) is 27.8 Å². The van der Waals surface area contributed by atoms with Crippen LogP contribution in [0, 0.1) is 6.92 Å². The van der Waals surface area contributed by atoms with E-state index in [0.29, 0.717) is 27.6 Å². The van der Waals surface area contributed by atoms with Gasteiger partial charge < -0.3 is 9.73 Å². The van der Waals surface area contributed by atoms with Crippen molar-refractivity contribution in [3.63, 3.8) is 0 Å². The predicted octanol–water partition coefficient (Wildman–Crippen LogP) is 4.01. The summed E-state index contributed by atoms with van der Waals surface area (Å²) in [7, 11) is 0. The van der Waals surface area contributed by atoms with E-state index in [1.807, 2.05) is 19.2 Å². The number of thioether (sulfide) groups is 2. The average molecular weight is 358 g/mol.